The van der Waals surface area contributed by atoms with Gasteiger partial charge in [0.15, 0.2) is 5.82 Å². The van der Waals surface area contributed by atoms with E-state index in [0.29, 0.717) is 5.95 Å². The number of hydrogen-bond acceptors (Lipinski definition) is 5. The van der Waals surface area contributed by atoms with E-state index < -0.39 is 0 Å². The van der Waals surface area contributed by atoms with Crippen LogP contribution in [0.4, 0.5) is 23.1 Å². The molecular weight excluding hydrogens is 298 g/mol. The Kier molecular flexibility index (Phi) is 5.24. The third-order valence-corrected chi connectivity index (χ3v) is 3.63. The van der Waals surface area contributed by atoms with Crippen molar-refractivity contribution in [3.05, 3.63) is 72.4 Å². The van der Waals surface area contributed by atoms with E-state index in [-0.39, 0.29) is 0 Å². The maximum atomic E-state index is 4.57. The van der Waals surface area contributed by atoms with Gasteiger partial charge in [-0.15, -0.1) is 0 Å². The van der Waals surface area contributed by atoms with Crippen molar-refractivity contribution in [2.45, 2.75) is 6.42 Å². The second kappa shape index (κ2) is 7.97. The minimum atomic E-state index is 0.614. The standard InChI is InChI=1S/C19H21N5/c1-20-17-14-22-19(21-13-12-15-8-4-2-5-9-15)24-18(17)23-16-10-6-3-7-11-16/h2-11,14,20H,12-13H2,1H3,(H2,21,22,23,24). The number of nitrogens with one attached hydrogen (secondary N) is 3. The molecule has 0 amide bonds. The highest BCUT2D eigenvalue weighted by atomic mass is 15.2. The monoisotopic (exact) mass is 319 g/mol. The Balaban J connectivity index is 1.67. The maximum Gasteiger partial charge on any atom is 0.224 e. The molecule has 0 aliphatic carbocycles. The van der Waals surface area contributed by atoms with E-state index in [2.05, 4.69) is 50.2 Å². The van der Waals surface area contributed by atoms with Gasteiger partial charge in [-0.1, -0.05) is 48.5 Å². The summed E-state index contributed by atoms with van der Waals surface area (Å²) in [6, 6.07) is 20.3. The van der Waals surface area contributed by atoms with Crippen LogP contribution in [0, 0.1) is 0 Å². The van der Waals surface area contributed by atoms with Crippen LogP contribution in [0.2, 0.25) is 0 Å². The number of aromatic nitrogens is 2. The molecule has 3 N–H and O–H groups in total. The zero-order chi connectivity index (χ0) is 16.6. The van der Waals surface area contributed by atoms with Gasteiger partial charge in [-0.2, -0.15) is 4.98 Å². The average Bonchev–Trinajstić information content (AvgIpc) is 2.64. The number of anilines is 4. The Morgan fingerprint density at radius 3 is 2.33 bits per heavy atom. The first-order valence-corrected chi connectivity index (χ1v) is 8.00. The largest absolute Gasteiger partial charge is 0.384 e. The molecule has 1 heterocycles. The average molecular weight is 319 g/mol. The SMILES string of the molecule is CNc1cnc(NCCc2ccccc2)nc1Nc1ccccc1. The fourth-order valence-corrected chi connectivity index (χ4v) is 2.37. The quantitative estimate of drug-likeness (QED) is 0.616. The van der Waals surface area contributed by atoms with E-state index in [1.165, 1.54) is 5.56 Å². The van der Waals surface area contributed by atoms with Crippen LogP contribution in [0.15, 0.2) is 66.9 Å². The lowest BCUT2D eigenvalue weighted by Gasteiger charge is -2.12. The van der Waals surface area contributed by atoms with Crippen LogP contribution in [-0.4, -0.2) is 23.6 Å². The highest BCUT2D eigenvalue weighted by molar-refractivity contribution is 5.70. The molecule has 0 aliphatic rings. The lowest BCUT2D eigenvalue weighted by molar-refractivity contribution is 0.985. The lowest BCUT2D eigenvalue weighted by Crippen LogP contribution is -2.10. The molecule has 0 unspecified atom stereocenters. The number of hydrogen-bond donors (Lipinski definition) is 3. The van der Waals surface area contributed by atoms with Gasteiger partial charge >= 0.3 is 0 Å². The van der Waals surface area contributed by atoms with Crippen molar-refractivity contribution in [3.63, 3.8) is 0 Å². The number of para-hydroxylation sites is 1. The molecule has 122 valence electrons. The summed E-state index contributed by atoms with van der Waals surface area (Å²) in [4.78, 5) is 8.93. The number of rotatable bonds is 7. The van der Waals surface area contributed by atoms with Gasteiger partial charge in [0.2, 0.25) is 5.95 Å². The zero-order valence-corrected chi connectivity index (χ0v) is 13.7. The Bertz CT molecular complexity index is 759. The van der Waals surface area contributed by atoms with Crippen LogP contribution in [0.5, 0.6) is 0 Å². The van der Waals surface area contributed by atoms with Crippen LogP contribution in [0.1, 0.15) is 5.56 Å². The summed E-state index contributed by atoms with van der Waals surface area (Å²) in [6.45, 7) is 0.785. The van der Waals surface area contributed by atoms with Crippen molar-refractivity contribution in [3.8, 4) is 0 Å². The smallest absolute Gasteiger partial charge is 0.224 e. The Hall–Kier alpha value is -3.08. The molecule has 2 aromatic carbocycles. The van der Waals surface area contributed by atoms with E-state index in [9.17, 15) is 0 Å². The molecule has 1 aromatic heterocycles. The fourth-order valence-electron chi connectivity index (χ4n) is 2.37. The summed E-state index contributed by atoms with van der Waals surface area (Å²) in [5.41, 5.74) is 3.13. The predicted molar refractivity (Wildman–Crippen MR) is 99.9 cm³/mol. The highest BCUT2D eigenvalue weighted by Crippen LogP contribution is 2.23. The van der Waals surface area contributed by atoms with Crippen LogP contribution in [0.25, 0.3) is 0 Å². The summed E-state index contributed by atoms with van der Waals surface area (Å²) in [5.74, 6) is 1.37. The summed E-state index contributed by atoms with van der Waals surface area (Å²) < 4.78 is 0. The fraction of sp³-hybridized carbons (Fsp3) is 0.158. The lowest BCUT2D eigenvalue weighted by atomic mass is 10.1. The summed E-state index contributed by atoms with van der Waals surface area (Å²) in [7, 11) is 1.86. The van der Waals surface area contributed by atoms with Gasteiger partial charge < -0.3 is 16.0 Å². The molecule has 5 heteroatoms. The second-order valence-electron chi connectivity index (χ2n) is 5.36. The highest BCUT2D eigenvalue weighted by Gasteiger charge is 2.06. The van der Waals surface area contributed by atoms with Crippen LogP contribution in [-0.2, 0) is 6.42 Å². The molecule has 0 radical (unpaired) electrons. The molecule has 3 rings (SSSR count). The van der Waals surface area contributed by atoms with Crippen molar-refractivity contribution >= 4 is 23.1 Å². The Labute approximate surface area is 142 Å². The molecule has 0 saturated heterocycles. The molecule has 0 saturated carbocycles. The van der Waals surface area contributed by atoms with Crippen molar-refractivity contribution in [1.82, 2.24) is 9.97 Å². The first kappa shape index (κ1) is 15.8. The van der Waals surface area contributed by atoms with E-state index in [1.807, 2.05) is 43.4 Å². The molecule has 3 aromatic rings. The minimum Gasteiger partial charge on any atom is -0.384 e. The van der Waals surface area contributed by atoms with Crippen molar-refractivity contribution in [2.24, 2.45) is 0 Å². The molecular formula is C19H21N5. The normalized spacial score (nSPS) is 10.2. The molecule has 24 heavy (non-hydrogen) atoms. The van der Waals surface area contributed by atoms with Crippen LogP contribution in [0.3, 0.4) is 0 Å². The van der Waals surface area contributed by atoms with Gasteiger partial charge in [0, 0.05) is 19.3 Å². The van der Waals surface area contributed by atoms with Crippen LogP contribution < -0.4 is 16.0 Å². The number of nitrogens with zero attached hydrogens (tertiary/aromatic N) is 2. The van der Waals surface area contributed by atoms with Crippen LogP contribution >= 0.6 is 0 Å². The molecule has 0 atom stereocenters. The summed E-state index contributed by atoms with van der Waals surface area (Å²) >= 11 is 0. The third-order valence-electron chi connectivity index (χ3n) is 3.63. The first-order valence-electron chi connectivity index (χ1n) is 8.00. The Morgan fingerprint density at radius 1 is 0.917 bits per heavy atom. The van der Waals surface area contributed by atoms with Gasteiger partial charge in [-0.3, -0.25) is 0 Å². The van der Waals surface area contributed by atoms with E-state index in [1.54, 1.807) is 6.20 Å². The van der Waals surface area contributed by atoms with E-state index in [0.717, 1.165) is 30.2 Å². The second-order valence-corrected chi connectivity index (χ2v) is 5.36. The number of benzene rings is 2. The maximum absolute atomic E-state index is 4.57. The van der Waals surface area contributed by atoms with Crippen molar-refractivity contribution in [1.29, 1.82) is 0 Å². The summed E-state index contributed by atoms with van der Waals surface area (Å²) in [5, 5.41) is 9.71. The topological polar surface area (TPSA) is 61.9 Å². The van der Waals surface area contributed by atoms with Gasteiger partial charge in [0.05, 0.1) is 11.9 Å². The van der Waals surface area contributed by atoms with Gasteiger partial charge in [-0.25, -0.2) is 4.98 Å². The van der Waals surface area contributed by atoms with Gasteiger partial charge in [0.25, 0.3) is 0 Å². The van der Waals surface area contributed by atoms with Gasteiger partial charge in [0.1, 0.15) is 0 Å². The predicted octanol–water partition coefficient (Wildman–Crippen LogP) is 3.92. The van der Waals surface area contributed by atoms with E-state index >= 15 is 0 Å². The molecule has 0 bridgehead atoms. The molecule has 0 aliphatic heterocycles. The van der Waals surface area contributed by atoms with Gasteiger partial charge in [-0.05, 0) is 24.1 Å². The molecule has 0 spiro atoms. The minimum absolute atomic E-state index is 0.614. The summed E-state index contributed by atoms with van der Waals surface area (Å²) in [6.07, 6.45) is 2.71. The van der Waals surface area contributed by atoms with Crippen molar-refractivity contribution in [2.75, 3.05) is 29.5 Å². The van der Waals surface area contributed by atoms with Crippen molar-refractivity contribution < 1.29 is 0 Å². The van der Waals surface area contributed by atoms with E-state index in [4.69, 9.17) is 0 Å². The Morgan fingerprint density at radius 2 is 1.62 bits per heavy atom. The molecule has 5 nitrogen and oxygen atoms in total. The third kappa shape index (κ3) is 4.23. The molecule has 0 fully saturated rings. The zero-order valence-electron chi connectivity index (χ0n) is 13.7. The first-order chi connectivity index (χ1) is 11.8.